The van der Waals surface area contributed by atoms with Crippen LogP contribution in [0.1, 0.15) is 47.0 Å². The Balaban J connectivity index is 2.25. The summed E-state index contributed by atoms with van der Waals surface area (Å²) in [5.41, 5.74) is -0.0647. The van der Waals surface area contributed by atoms with Gasteiger partial charge in [-0.1, -0.05) is 27.7 Å². The van der Waals surface area contributed by atoms with Crippen LogP contribution in [0.3, 0.4) is 0 Å². The van der Waals surface area contributed by atoms with Gasteiger partial charge in [0.2, 0.25) is 0 Å². The Bertz CT molecular complexity index is 253. The van der Waals surface area contributed by atoms with E-state index in [1.165, 1.54) is 0 Å². The van der Waals surface area contributed by atoms with Crippen LogP contribution >= 0.6 is 0 Å². The summed E-state index contributed by atoms with van der Waals surface area (Å²) in [6.07, 6.45) is 3.06. The Hall–Kier alpha value is -0.120. The number of nitrogens with one attached hydrogen (secondary N) is 1. The van der Waals surface area contributed by atoms with Gasteiger partial charge >= 0.3 is 0 Å². The highest BCUT2D eigenvalue weighted by molar-refractivity contribution is 5.05. The zero-order valence-corrected chi connectivity index (χ0v) is 11.1. The van der Waals surface area contributed by atoms with Gasteiger partial charge in [-0.15, -0.1) is 0 Å². The van der Waals surface area contributed by atoms with Crippen LogP contribution in [0.15, 0.2) is 0 Å². The quantitative estimate of drug-likeness (QED) is 0.785. The maximum Gasteiger partial charge on any atom is 0.119 e. The van der Waals surface area contributed by atoms with Crippen LogP contribution in [0.2, 0.25) is 0 Å². The van der Waals surface area contributed by atoms with Gasteiger partial charge in [-0.05, 0) is 12.8 Å². The van der Waals surface area contributed by atoms with E-state index in [1.807, 2.05) is 0 Å². The number of rotatable bonds is 2. The topological polar surface area (TPSA) is 30.5 Å². The Morgan fingerprint density at radius 2 is 1.88 bits per heavy atom. The zero-order valence-electron chi connectivity index (χ0n) is 11.1. The molecule has 2 heterocycles. The lowest BCUT2D eigenvalue weighted by Crippen LogP contribution is -2.67. The summed E-state index contributed by atoms with van der Waals surface area (Å²) in [6.45, 7) is 11.6. The van der Waals surface area contributed by atoms with E-state index in [-0.39, 0.29) is 16.7 Å². The summed E-state index contributed by atoms with van der Waals surface area (Å²) >= 11 is 0. The Morgan fingerprint density at radius 1 is 1.19 bits per heavy atom. The van der Waals surface area contributed by atoms with Gasteiger partial charge in [-0.3, -0.25) is 5.32 Å². The van der Waals surface area contributed by atoms with E-state index in [0.717, 1.165) is 39.0 Å². The molecule has 2 fully saturated rings. The van der Waals surface area contributed by atoms with Gasteiger partial charge in [-0.2, -0.15) is 0 Å². The normalized spacial score (nSPS) is 36.8. The predicted molar refractivity (Wildman–Crippen MR) is 64.3 cm³/mol. The van der Waals surface area contributed by atoms with E-state index in [0.29, 0.717) is 0 Å². The Labute approximate surface area is 98.9 Å². The highest BCUT2D eigenvalue weighted by Gasteiger charge is 2.56. The molecule has 0 saturated carbocycles. The second-order valence-electron chi connectivity index (χ2n) is 5.84. The van der Waals surface area contributed by atoms with Crippen LogP contribution in [-0.2, 0) is 9.47 Å². The molecule has 2 saturated heterocycles. The minimum Gasteiger partial charge on any atom is -0.378 e. The summed E-state index contributed by atoms with van der Waals surface area (Å²) in [7, 11) is 0. The molecule has 0 bridgehead atoms. The van der Waals surface area contributed by atoms with E-state index >= 15 is 0 Å². The van der Waals surface area contributed by atoms with Crippen molar-refractivity contribution in [3.05, 3.63) is 0 Å². The van der Waals surface area contributed by atoms with Crippen molar-refractivity contribution in [3.8, 4) is 0 Å². The van der Waals surface area contributed by atoms with Crippen LogP contribution in [0.25, 0.3) is 0 Å². The van der Waals surface area contributed by atoms with Gasteiger partial charge in [0, 0.05) is 25.0 Å². The fourth-order valence-corrected chi connectivity index (χ4v) is 2.90. The molecule has 1 spiro atoms. The molecular formula is C13H25NO2. The largest absolute Gasteiger partial charge is 0.378 e. The van der Waals surface area contributed by atoms with Crippen molar-refractivity contribution in [1.82, 2.24) is 5.32 Å². The van der Waals surface area contributed by atoms with Gasteiger partial charge in [0.05, 0.1) is 6.61 Å². The second-order valence-corrected chi connectivity index (χ2v) is 5.84. The van der Waals surface area contributed by atoms with Crippen molar-refractivity contribution in [2.24, 2.45) is 5.41 Å². The SMILES string of the molecule is CCC1(CC)NCC(C)(C)C2(CCOC2)O1. The molecule has 2 aliphatic heterocycles. The van der Waals surface area contributed by atoms with Crippen molar-refractivity contribution < 1.29 is 9.47 Å². The molecule has 0 radical (unpaired) electrons. The maximum atomic E-state index is 6.50. The van der Waals surface area contributed by atoms with Crippen LogP contribution in [-0.4, -0.2) is 31.1 Å². The number of ether oxygens (including phenoxy) is 2. The van der Waals surface area contributed by atoms with E-state index in [1.54, 1.807) is 0 Å². The van der Waals surface area contributed by atoms with Crippen molar-refractivity contribution in [2.75, 3.05) is 19.8 Å². The van der Waals surface area contributed by atoms with Crippen LogP contribution in [0.5, 0.6) is 0 Å². The molecule has 0 aromatic rings. The first-order valence-corrected chi connectivity index (χ1v) is 6.52. The first kappa shape index (κ1) is 12.3. The minimum atomic E-state index is -0.136. The molecule has 0 aromatic carbocycles. The van der Waals surface area contributed by atoms with Gasteiger partial charge in [0.1, 0.15) is 11.3 Å². The van der Waals surface area contributed by atoms with E-state index in [9.17, 15) is 0 Å². The second kappa shape index (κ2) is 3.97. The van der Waals surface area contributed by atoms with E-state index in [2.05, 4.69) is 33.0 Å². The van der Waals surface area contributed by atoms with Crippen LogP contribution < -0.4 is 5.32 Å². The van der Waals surface area contributed by atoms with Crippen molar-refractivity contribution >= 4 is 0 Å². The molecule has 1 N–H and O–H groups in total. The molecule has 1 unspecified atom stereocenters. The van der Waals surface area contributed by atoms with Crippen molar-refractivity contribution in [2.45, 2.75) is 58.3 Å². The summed E-state index contributed by atoms with van der Waals surface area (Å²) in [5, 5.41) is 3.60. The summed E-state index contributed by atoms with van der Waals surface area (Å²) in [6, 6.07) is 0. The van der Waals surface area contributed by atoms with Crippen LogP contribution in [0.4, 0.5) is 0 Å². The molecule has 0 aliphatic carbocycles. The highest BCUT2D eigenvalue weighted by Crippen LogP contribution is 2.46. The van der Waals surface area contributed by atoms with Crippen LogP contribution in [0, 0.1) is 5.41 Å². The summed E-state index contributed by atoms with van der Waals surface area (Å²) in [5.74, 6) is 0. The lowest BCUT2D eigenvalue weighted by atomic mass is 9.71. The standard InChI is InChI=1S/C13H25NO2/c1-5-13(6-2)14-9-11(3,4)12(16-13)7-8-15-10-12/h14H,5-10H2,1-4H3. The molecule has 94 valence electrons. The van der Waals surface area contributed by atoms with E-state index in [4.69, 9.17) is 9.47 Å². The van der Waals surface area contributed by atoms with Gasteiger partial charge < -0.3 is 9.47 Å². The predicted octanol–water partition coefficient (Wildman–Crippen LogP) is 2.31. The zero-order chi connectivity index (χ0) is 11.9. The lowest BCUT2D eigenvalue weighted by molar-refractivity contribution is -0.251. The average Bonchev–Trinajstić information content (AvgIpc) is 2.73. The monoisotopic (exact) mass is 227 g/mol. The van der Waals surface area contributed by atoms with Gasteiger partial charge in [0.25, 0.3) is 0 Å². The first-order chi connectivity index (χ1) is 7.49. The molecule has 0 amide bonds. The third kappa shape index (κ3) is 1.69. The number of hydrogen-bond donors (Lipinski definition) is 1. The highest BCUT2D eigenvalue weighted by atomic mass is 16.6. The van der Waals surface area contributed by atoms with Crippen molar-refractivity contribution in [3.63, 3.8) is 0 Å². The molecule has 1 atom stereocenters. The molecule has 0 aromatic heterocycles. The average molecular weight is 227 g/mol. The third-order valence-electron chi connectivity index (χ3n) is 4.60. The Morgan fingerprint density at radius 3 is 2.38 bits per heavy atom. The smallest absolute Gasteiger partial charge is 0.119 e. The summed E-state index contributed by atoms with van der Waals surface area (Å²) in [4.78, 5) is 0. The third-order valence-corrected chi connectivity index (χ3v) is 4.60. The van der Waals surface area contributed by atoms with Gasteiger partial charge in [0.15, 0.2) is 0 Å². The van der Waals surface area contributed by atoms with Gasteiger partial charge in [-0.25, -0.2) is 0 Å². The molecule has 3 nitrogen and oxygen atoms in total. The first-order valence-electron chi connectivity index (χ1n) is 6.52. The molecular weight excluding hydrogens is 202 g/mol. The maximum absolute atomic E-state index is 6.50. The Kier molecular flexibility index (Phi) is 3.06. The molecule has 16 heavy (non-hydrogen) atoms. The fourth-order valence-electron chi connectivity index (χ4n) is 2.90. The summed E-state index contributed by atoms with van der Waals surface area (Å²) < 4.78 is 12.1. The van der Waals surface area contributed by atoms with E-state index < -0.39 is 0 Å². The minimum absolute atomic E-state index is 0.0791. The fraction of sp³-hybridized carbons (Fsp3) is 1.00. The molecule has 2 aliphatic rings. The number of hydrogen-bond acceptors (Lipinski definition) is 3. The lowest BCUT2D eigenvalue weighted by Gasteiger charge is -2.55. The molecule has 2 rings (SSSR count). The van der Waals surface area contributed by atoms with Crippen molar-refractivity contribution in [1.29, 1.82) is 0 Å². The molecule has 3 heteroatoms.